The third-order valence-corrected chi connectivity index (χ3v) is 4.87. The van der Waals surface area contributed by atoms with Crippen LogP contribution in [0.1, 0.15) is 25.3 Å². The molecule has 1 aromatic carbocycles. The minimum atomic E-state index is -1.07. The zero-order valence-electron chi connectivity index (χ0n) is 11.7. The third-order valence-electron chi connectivity index (χ3n) is 4.87. The van der Waals surface area contributed by atoms with Crippen molar-refractivity contribution in [2.75, 3.05) is 7.05 Å². The third kappa shape index (κ3) is 1.43. The Kier molecular flexibility index (Phi) is 2.58. The van der Waals surface area contributed by atoms with Gasteiger partial charge < -0.3 is 14.7 Å². The highest BCUT2D eigenvalue weighted by molar-refractivity contribution is 5.99. The number of amides is 1. The summed E-state index contributed by atoms with van der Waals surface area (Å²) in [5.74, 6) is -2.29. The van der Waals surface area contributed by atoms with Gasteiger partial charge in [0.05, 0.1) is 0 Å². The molecule has 106 valence electrons. The molecular weight excluding hydrogens is 258 g/mol. The molecule has 4 atom stereocenters. The summed E-state index contributed by atoms with van der Waals surface area (Å²) in [6.07, 6.45) is 0. The Morgan fingerprint density at radius 2 is 2.05 bits per heavy atom. The first-order chi connectivity index (χ1) is 9.38. The second-order valence-electron chi connectivity index (χ2n) is 5.72. The molecule has 1 N–H and O–H groups in total. The van der Waals surface area contributed by atoms with Crippen molar-refractivity contribution in [3.05, 3.63) is 29.8 Å². The van der Waals surface area contributed by atoms with Crippen molar-refractivity contribution in [2.45, 2.75) is 25.5 Å². The van der Waals surface area contributed by atoms with E-state index in [2.05, 4.69) is 0 Å². The molecule has 2 aliphatic heterocycles. The molecule has 5 heteroatoms. The van der Waals surface area contributed by atoms with Crippen molar-refractivity contribution in [2.24, 2.45) is 11.8 Å². The molecule has 1 saturated heterocycles. The van der Waals surface area contributed by atoms with Crippen LogP contribution in [0.2, 0.25) is 0 Å². The van der Waals surface area contributed by atoms with Crippen molar-refractivity contribution in [1.29, 1.82) is 0 Å². The molecule has 0 radical (unpaired) electrons. The lowest BCUT2D eigenvalue weighted by molar-refractivity contribution is -0.188. The first-order valence-electron chi connectivity index (χ1n) is 6.66. The highest BCUT2D eigenvalue weighted by atomic mass is 16.5. The van der Waals surface area contributed by atoms with Gasteiger partial charge >= 0.3 is 5.97 Å². The molecule has 1 fully saturated rings. The maximum atomic E-state index is 12.4. The number of rotatable bonds is 1. The second-order valence-corrected chi connectivity index (χ2v) is 5.72. The topological polar surface area (TPSA) is 66.8 Å². The number of fused-ring (bicyclic) bond motifs is 4. The van der Waals surface area contributed by atoms with E-state index in [9.17, 15) is 14.7 Å². The molecule has 0 spiro atoms. The fourth-order valence-electron chi connectivity index (χ4n) is 3.45. The number of benzene rings is 1. The fourth-order valence-corrected chi connectivity index (χ4v) is 3.45. The molecule has 2 bridgehead atoms. The van der Waals surface area contributed by atoms with E-state index in [-0.39, 0.29) is 11.8 Å². The van der Waals surface area contributed by atoms with Gasteiger partial charge in [0.1, 0.15) is 11.7 Å². The van der Waals surface area contributed by atoms with Gasteiger partial charge in [0.25, 0.3) is 0 Å². The van der Waals surface area contributed by atoms with Crippen LogP contribution in [0.5, 0.6) is 5.75 Å². The van der Waals surface area contributed by atoms with Crippen LogP contribution in [-0.2, 0) is 9.59 Å². The molecule has 3 rings (SSSR count). The van der Waals surface area contributed by atoms with Crippen LogP contribution in [0.15, 0.2) is 24.3 Å². The van der Waals surface area contributed by atoms with E-state index in [1.165, 1.54) is 4.90 Å². The van der Waals surface area contributed by atoms with Crippen LogP contribution in [0, 0.1) is 11.8 Å². The van der Waals surface area contributed by atoms with Crippen molar-refractivity contribution < 1.29 is 19.4 Å². The number of ether oxygens (including phenoxy) is 1. The van der Waals surface area contributed by atoms with Crippen molar-refractivity contribution in [3.63, 3.8) is 0 Å². The maximum absolute atomic E-state index is 12.4. The summed E-state index contributed by atoms with van der Waals surface area (Å²) in [6, 6.07) is 7.38. The largest absolute Gasteiger partial charge is 0.481 e. The molecule has 0 unspecified atom stereocenters. The maximum Gasteiger partial charge on any atom is 0.316 e. The molecule has 0 aliphatic carbocycles. The summed E-state index contributed by atoms with van der Waals surface area (Å²) in [5.41, 5.74) is 0.00789. The van der Waals surface area contributed by atoms with E-state index >= 15 is 0 Å². The van der Waals surface area contributed by atoms with Crippen molar-refractivity contribution in [3.8, 4) is 5.75 Å². The zero-order chi connectivity index (χ0) is 14.7. The average Bonchev–Trinajstić information content (AvgIpc) is 2.40. The molecule has 1 aromatic rings. The highest BCUT2D eigenvalue weighted by Crippen LogP contribution is 2.52. The van der Waals surface area contributed by atoms with Crippen LogP contribution in [0.3, 0.4) is 0 Å². The number of carbonyl (C=O) groups is 2. The van der Waals surface area contributed by atoms with Crippen molar-refractivity contribution in [1.82, 2.24) is 4.90 Å². The molecule has 0 saturated carbocycles. The van der Waals surface area contributed by atoms with Gasteiger partial charge in [-0.3, -0.25) is 9.59 Å². The number of likely N-dealkylation sites (tertiary alicyclic amines) is 1. The summed E-state index contributed by atoms with van der Waals surface area (Å²) in [5, 5.41) is 9.48. The Morgan fingerprint density at radius 3 is 2.70 bits per heavy atom. The molecule has 0 aromatic heterocycles. The van der Waals surface area contributed by atoms with E-state index in [4.69, 9.17) is 4.74 Å². The summed E-state index contributed by atoms with van der Waals surface area (Å²) in [6.45, 7) is 3.79. The molecule has 2 heterocycles. The lowest BCUT2D eigenvalue weighted by Crippen LogP contribution is -2.66. The summed E-state index contributed by atoms with van der Waals surface area (Å²) < 4.78 is 6.03. The molecule has 2 aliphatic rings. The number of carboxylic acids is 1. The molecule has 5 nitrogen and oxygen atoms in total. The van der Waals surface area contributed by atoms with Gasteiger partial charge in [0.15, 0.2) is 5.72 Å². The molecular formula is C15H17NO4. The Labute approximate surface area is 117 Å². The Hall–Kier alpha value is -2.04. The van der Waals surface area contributed by atoms with Gasteiger partial charge in [-0.25, -0.2) is 0 Å². The zero-order valence-corrected chi connectivity index (χ0v) is 11.7. The van der Waals surface area contributed by atoms with E-state index in [0.717, 1.165) is 5.56 Å². The predicted molar refractivity (Wildman–Crippen MR) is 71.3 cm³/mol. The Morgan fingerprint density at radius 1 is 1.40 bits per heavy atom. The van der Waals surface area contributed by atoms with E-state index in [1.54, 1.807) is 7.05 Å². The number of hydrogen-bond acceptors (Lipinski definition) is 3. The average molecular weight is 275 g/mol. The predicted octanol–water partition coefficient (Wildman–Crippen LogP) is 1.69. The van der Waals surface area contributed by atoms with Crippen LogP contribution >= 0.6 is 0 Å². The van der Waals surface area contributed by atoms with Crippen LogP contribution in [-0.4, -0.2) is 34.7 Å². The number of carbonyl (C=O) groups excluding carboxylic acids is 1. The summed E-state index contributed by atoms with van der Waals surface area (Å²) >= 11 is 0. The van der Waals surface area contributed by atoms with Gasteiger partial charge in [-0.05, 0) is 18.6 Å². The smallest absolute Gasteiger partial charge is 0.316 e. The van der Waals surface area contributed by atoms with Crippen LogP contribution in [0.25, 0.3) is 0 Å². The standard InChI is InChI=1S/C15H17NO4/c1-8-11-9-6-4-5-7-10(9)20-15(8,2)16(3)13(17)12(11)14(18)19/h4-8,11-12H,1-3H3,(H,18,19)/t8-,11-,12-,15+/m0/s1. The minimum Gasteiger partial charge on any atom is -0.481 e. The van der Waals surface area contributed by atoms with E-state index in [1.807, 2.05) is 38.1 Å². The lowest BCUT2D eigenvalue weighted by Gasteiger charge is -2.55. The fraction of sp³-hybridized carbons (Fsp3) is 0.467. The van der Waals surface area contributed by atoms with Crippen molar-refractivity contribution >= 4 is 11.9 Å². The van der Waals surface area contributed by atoms with Gasteiger partial charge in [-0.1, -0.05) is 25.1 Å². The van der Waals surface area contributed by atoms with Gasteiger partial charge in [0, 0.05) is 18.9 Å². The highest BCUT2D eigenvalue weighted by Gasteiger charge is 2.59. The normalized spacial score (nSPS) is 35.2. The number of nitrogens with zero attached hydrogens (tertiary/aromatic N) is 1. The molecule has 20 heavy (non-hydrogen) atoms. The van der Waals surface area contributed by atoms with Crippen LogP contribution < -0.4 is 4.74 Å². The quantitative estimate of drug-likeness (QED) is 0.792. The Bertz CT molecular complexity index is 599. The minimum absolute atomic E-state index is 0.0961. The molecule has 1 amide bonds. The lowest BCUT2D eigenvalue weighted by atomic mass is 9.67. The van der Waals surface area contributed by atoms with Gasteiger partial charge in [0.2, 0.25) is 5.91 Å². The van der Waals surface area contributed by atoms with E-state index in [0.29, 0.717) is 5.75 Å². The number of para-hydroxylation sites is 1. The monoisotopic (exact) mass is 275 g/mol. The summed E-state index contributed by atoms with van der Waals surface area (Å²) in [7, 11) is 1.61. The number of hydrogen-bond donors (Lipinski definition) is 1. The SMILES string of the molecule is C[C@H]1[C@H]2c3ccccc3O[C@@]1(C)N(C)C(=O)[C@H]2C(=O)O. The van der Waals surface area contributed by atoms with E-state index < -0.39 is 23.5 Å². The number of carboxylic acid groups (broad SMARTS) is 1. The number of piperidine rings is 1. The first-order valence-corrected chi connectivity index (χ1v) is 6.66. The summed E-state index contributed by atoms with van der Waals surface area (Å²) in [4.78, 5) is 25.4. The van der Waals surface area contributed by atoms with Gasteiger partial charge in [-0.2, -0.15) is 0 Å². The number of aliphatic carboxylic acids is 1. The Balaban J connectivity index is 2.24. The first kappa shape index (κ1) is 13.0. The van der Waals surface area contributed by atoms with Gasteiger partial charge in [-0.15, -0.1) is 0 Å². The van der Waals surface area contributed by atoms with Crippen LogP contribution in [0.4, 0.5) is 0 Å². The second kappa shape index (κ2) is 3.98.